The highest BCUT2D eigenvalue weighted by Crippen LogP contribution is 2.20. The average molecular weight is 192 g/mol. The Morgan fingerprint density at radius 3 is 1.86 bits per heavy atom. The Hall–Kier alpha value is -1.48. The van der Waals surface area contributed by atoms with E-state index in [2.05, 4.69) is 0 Å². The van der Waals surface area contributed by atoms with Gasteiger partial charge in [0, 0.05) is 17.7 Å². The Morgan fingerprint density at radius 1 is 1.14 bits per heavy atom. The van der Waals surface area contributed by atoms with E-state index in [4.69, 9.17) is 5.11 Å². The fraction of sp³-hybridized carbons (Fsp3) is 0.273. The highest BCUT2D eigenvalue weighted by Gasteiger charge is 2.25. The van der Waals surface area contributed by atoms with Crippen molar-refractivity contribution < 1.29 is 14.7 Å². The van der Waals surface area contributed by atoms with Gasteiger partial charge in [-0.1, -0.05) is 24.3 Å². The van der Waals surface area contributed by atoms with Crippen LogP contribution in [0.1, 0.15) is 34.1 Å². The zero-order valence-electron chi connectivity index (χ0n) is 7.99. The number of hydrogen-bond acceptors (Lipinski definition) is 3. The maximum Gasteiger partial charge on any atom is 0.171 e. The molecule has 0 saturated heterocycles. The van der Waals surface area contributed by atoms with Gasteiger partial charge in [-0.15, -0.1) is 0 Å². The SMILES string of the molecule is CCO.O=C1CC(=O)c2ccccc21. The van der Waals surface area contributed by atoms with Gasteiger partial charge in [0.25, 0.3) is 0 Å². The third kappa shape index (κ3) is 2.06. The number of benzene rings is 1. The zero-order chi connectivity index (χ0) is 10.6. The van der Waals surface area contributed by atoms with Gasteiger partial charge in [0.2, 0.25) is 0 Å². The third-order valence-corrected chi connectivity index (χ3v) is 1.85. The first kappa shape index (κ1) is 10.6. The van der Waals surface area contributed by atoms with E-state index in [0.29, 0.717) is 11.1 Å². The van der Waals surface area contributed by atoms with Crippen molar-refractivity contribution in [1.82, 2.24) is 0 Å². The molecule has 0 heterocycles. The number of ketones is 2. The van der Waals surface area contributed by atoms with Gasteiger partial charge in [-0.05, 0) is 6.92 Å². The lowest BCUT2D eigenvalue weighted by Crippen LogP contribution is -1.90. The molecule has 0 atom stereocenters. The molecule has 3 heteroatoms. The van der Waals surface area contributed by atoms with Crippen molar-refractivity contribution in [3.8, 4) is 0 Å². The summed E-state index contributed by atoms with van der Waals surface area (Å²) in [6.45, 7) is 1.93. The summed E-state index contributed by atoms with van der Waals surface area (Å²) in [6, 6.07) is 6.94. The van der Waals surface area contributed by atoms with E-state index in [1.54, 1.807) is 31.2 Å². The number of Topliss-reactive ketones (excluding diaryl/α,β-unsaturated/α-hetero) is 2. The number of carbonyl (C=O) groups excluding carboxylic acids is 2. The molecule has 0 amide bonds. The minimum absolute atomic E-state index is 0.0504. The standard InChI is InChI=1S/C9H6O2.C2H6O/c10-8-5-9(11)7-4-2-1-3-6(7)8;1-2-3/h1-4H,5H2;3H,2H2,1H3. The predicted octanol–water partition coefficient (Wildman–Crippen LogP) is 1.45. The Morgan fingerprint density at radius 2 is 1.50 bits per heavy atom. The lowest BCUT2D eigenvalue weighted by molar-refractivity contribution is 0.0923. The highest BCUT2D eigenvalue weighted by atomic mass is 16.2. The van der Waals surface area contributed by atoms with Crippen molar-refractivity contribution in [3.63, 3.8) is 0 Å². The molecule has 1 aliphatic carbocycles. The molecule has 1 aliphatic rings. The number of carbonyl (C=O) groups is 2. The molecule has 0 aromatic heterocycles. The summed E-state index contributed by atoms with van der Waals surface area (Å²) in [7, 11) is 0. The summed E-state index contributed by atoms with van der Waals surface area (Å²) in [6.07, 6.45) is 0.0549. The summed E-state index contributed by atoms with van der Waals surface area (Å²) in [5.74, 6) is -0.101. The van der Waals surface area contributed by atoms with Crippen molar-refractivity contribution in [3.05, 3.63) is 35.4 Å². The molecule has 0 spiro atoms. The average Bonchev–Trinajstić information content (AvgIpc) is 2.45. The zero-order valence-corrected chi connectivity index (χ0v) is 7.99. The lowest BCUT2D eigenvalue weighted by Gasteiger charge is -1.90. The predicted molar refractivity (Wildman–Crippen MR) is 52.5 cm³/mol. The molecule has 2 rings (SSSR count). The minimum atomic E-state index is -0.0504. The summed E-state index contributed by atoms with van der Waals surface area (Å²) >= 11 is 0. The van der Waals surface area contributed by atoms with Crippen LogP contribution in [-0.4, -0.2) is 23.3 Å². The van der Waals surface area contributed by atoms with Crippen LogP contribution >= 0.6 is 0 Å². The van der Waals surface area contributed by atoms with Crippen LogP contribution < -0.4 is 0 Å². The summed E-state index contributed by atoms with van der Waals surface area (Å²) in [4.78, 5) is 22.1. The molecular weight excluding hydrogens is 180 g/mol. The fourth-order valence-electron chi connectivity index (χ4n) is 1.31. The summed E-state index contributed by atoms with van der Waals surface area (Å²) in [5.41, 5.74) is 1.16. The van der Waals surface area contributed by atoms with Gasteiger partial charge in [0.15, 0.2) is 11.6 Å². The van der Waals surface area contributed by atoms with Crippen LogP contribution in [0.15, 0.2) is 24.3 Å². The summed E-state index contributed by atoms with van der Waals surface area (Å²) in [5, 5.41) is 7.57. The number of hydrogen-bond donors (Lipinski definition) is 1. The third-order valence-electron chi connectivity index (χ3n) is 1.85. The maximum atomic E-state index is 11.1. The lowest BCUT2D eigenvalue weighted by atomic mass is 10.1. The normalized spacial score (nSPS) is 13.3. The molecule has 14 heavy (non-hydrogen) atoms. The molecule has 0 bridgehead atoms. The minimum Gasteiger partial charge on any atom is -0.397 e. The molecule has 1 aromatic carbocycles. The van der Waals surface area contributed by atoms with Crippen LogP contribution in [0.25, 0.3) is 0 Å². The van der Waals surface area contributed by atoms with E-state index >= 15 is 0 Å². The monoisotopic (exact) mass is 192 g/mol. The molecule has 74 valence electrons. The highest BCUT2D eigenvalue weighted by molar-refractivity contribution is 6.24. The van der Waals surface area contributed by atoms with Gasteiger partial charge in [-0.25, -0.2) is 0 Å². The van der Waals surface area contributed by atoms with Gasteiger partial charge in [-0.2, -0.15) is 0 Å². The maximum absolute atomic E-state index is 11.1. The van der Waals surface area contributed by atoms with Crippen molar-refractivity contribution in [2.45, 2.75) is 13.3 Å². The Bertz CT molecular complexity index is 322. The second-order valence-corrected chi connectivity index (χ2v) is 2.88. The van der Waals surface area contributed by atoms with Crippen LogP contribution in [-0.2, 0) is 0 Å². The molecule has 0 saturated carbocycles. The second kappa shape index (κ2) is 4.67. The van der Waals surface area contributed by atoms with Gasteiger partial charge in [0.05, 0.1) is 6.42 Å². The van der Waals surface area contributed by atoms with Gasteiger partial charge in [0.1, 0.15) is 0 Å². The van der Waals surface area contributed by atoms with Crippen molar-refractivity contribution in [1.29, 1.82) is 0 Å². The van der Waals surface area contributed by atoms with Crippen molar-refractivity contribution >= 4 is 11.6 Å². The van der Waals surface area contributed by atoms with Crippen LogP contribution in [0.5, 0.6) is 0 Å². The van der Waals surface area contributed by atoms with E-state index in [1.807, 2.05) is 0 Å². The van der Waals surface area contributed by atoms with E-state index in [-0.39, 0.29) is 24.6 Å². The number of fused-ring (bicyclic) bond motifs is 1. The first-order valence-electron chi connectivity index (χ1n) is 4.47. The summed E-state index contributed by atoms with van der Waals surface area (Å²) < 4.78 is 0. The first-order valence-corrected chi connectivity index (χ1v) is 4.47. The van der Waals surface area contributed by atoms with Crippen LogP contribution in [0.3, 0.4) is 0 Å². The molecule has 0 radical (unpaired) electrons. The fourth-order valence-corrected chi connectivity index (χ4v) is 1.31. The quantitative estimate of drug-likeness (QED) is 0.633. The van der Waals surface area contributed by atoms with Crippen LogP contribution in [0, 0.1) is 0 Å². The molecular formula is C11H12O3. The Labute approximate surface area is 82.4 Å². The van der Waals surface area contributed by atoms with E-state index in [9.17, 15) is 9.59 Å². The molecule has 1 aromatic rings. The van der Waals surface area contributed by atoms with Crippen molar-refractivity contribution in [2.75, 3.05) is 6.61 Å². The molecule has 1 N–H and O–H groups in total. The van der Waals surface area contributed by atoms with Crippen LogP contribution in [0.4, 0.5) is 0 Å². The molecule has 0 aliphatic heterocycles. The second-order valence-electron chi connectivity index (χ2n) is 2.88. The van der Waals surface area contributed by atoms with Gasteiger partial charge >= 0.3 is 0 Å². The van der Waals surface area contributed by atoms with Crippen LogP contribution in [0.2, 0.25) is 0 Å². The van der Waals surface area contributed by atoms with E-state index in [0.717, 1.165) is 0 Å². The smallest absolute Gasteiger partial charge is 0.171 e. The van der Waals surface area contributed by atoms with E-state index in [1.165, 1.54) is 0 Å². The molecule has 3 nitrogen and oxygen atoms in total. The number of aliphatic hydroxyl groups excluding tert-OH is 1. The first-order chi connectivity index (χ1) is 6.70. The Balaban J connectivity index is 0.000000293. The molecule has 0 fully saturated rings. The topological polar surface area (TPSA) is 54.4 Å². The number of rotatable bonds is 0. The molecule has 0 unspecified atom stereocenters. The Kier molecular flexibility index (Phi) is 3.54. The van der Waals surface area contributed by atoms with Gasteiger partial charge < -0.3 is 5.11 Å². The van der Waals surface area contributed by atoms with Crippen molar-refractivity contribution in [2.24, 2.45) is 0 Å². The van der Waals surface area contributed by atoms with E-state index < -0.39 is 0 Å². The largest absolute Gasteiger partial charge is 0.397 e. The number of aliphatic hydroxyl groups is 1. The van der Waals surface area contributed by atoms with Gasteiger partial charge in [-0.3, -0.25) is 9.59 Å².